The molecule has 1 saturated heterocycles. The van der Waals surface area contributed by atoms with Crippen LogP contribution in [0.5, 0.6) is 0 Å². The van der Waals surface area contributed by atoms with Gasteiger partial charge in [0.15, 0.2) is 9.84 Å². The molecule has 7 heteroatoms. The van der Waals surface area contributed by atoms with Gasteiger partial charge in [-0.15, -0.1) is 0 Å². The van der Waals surface area contributed by atoms with Crippen LogP contribution in [0.1, 0.15) is 11.1 Å². The van der Waals surface area contributed by atoms with Gasteiger partial charge in [0.2, 0.25) is 0 Å². The summed E-state index contributed by atoms with van der Waals surface area (Å²) in [7, 11) is -3.09. The van der Waals surface area contributed by atoms with E-state index in [0.29, 0.717) is 17.3 Å². The molecular formula is C13H18N2O2S3. The highest BCUT2D eigenvalue weighted by atomic mass is 32.2. The van der Waals surface area contributed by atoms with E-state index >= 15 is 0 Å². The minimum atomic E-state index is -3.09. The third kappa shape index (κ3) is 3.72. The van der Waals surface area contributed by atoms with Gasteiger partial charge < -0.3 is 5.73 Å². The molecule has 1 aromatic rings. The van der Waals surface area contributed by atoms with Crippen LogP contribution in [0.25, 0.3) is 0 Å². The summed E-state index contributed by atoms with van der Waals surface area (Å²) in [5.41, 5.74) is 7.54. The summed E-state index contributed by atoms with van der Waals surface area (Å²) in [6.45, 7) is 1.32. The molecule has 0 aromatic heterocycles. The van der Waals surface area contributed by atoms with Crippen molar-refractivity contribution in [1.29, 1.82) is 0 Å². The van der Waals surface area contributed by atoms with Crippen LogP contribution in [-0.2, 0) is 16.4 Å². The Hall–Kier alpha value is -0.630. The van der Waals surface area contributed by atoms with E-state index in [2.05, 4.69) is 0 Å². The predicted octanol–water partition coefficient (Wildman–Crippen LogP) is 1.24. The predicted molar refractivity (Wildman–Crippen MR) is 88.7 cm³/mol. The van der Waals surface area contributed by atoms with Crippen LogP contribution in [0, 0.1) is 0 Å². The standard InChI is InChI=1S/C13H18N2O2S3/c1-20(16,17)12-9-19-7-6-15(12)8-10-4-2-3-5-11(10)13(14)18/h2-5,12H,6-9H2,1H3,(H2,14,18). The maximum atomic E-state index is 11.9. The van der Waals surface area contributed by atoms with E-state index in [-0.39, 0.29) is 0 Å². The zero-order valence-electron chi connectivity index (χ0n) is 11.3. The van der Waals surface area contributed by atoms with Gasteiger partial charge in [0, 0.05) is 36.4 Å². The molecule has 0 amide bonds. The molecule has 1 atom stereocenters. The number of rotatable bonds is 4. The smallest absolute Gasteiger partial charge is 0.164 e. The van der Waals surface area contributed by atoms with Crippen LogP contribution in [0.15, 0.2) is 24.3 Å². The molecule has 1 fully saturated rings. The first-order valence-electron chi connectivity index (χ1n) is 6.28. The summed E-state index contributed by atoms with van der Waals surface area (Å²) in [5, 5.41) is -0.430. The van der Waals surface area contributed by atoms with E-state index in [1.165, 1.54) is 6.26 Å². The maximum absolute atomic E-state index is 11.9. The first-order chi connectivity index (χ1) is 9.39. The van der Waals surface area contributed by atoms with E-state index in [4.69, 9.17) is 18.0 Å². The highest BCUT2D eigenvalue weighted by Gasteiger charge is 2.31. The second-order valence-electron chi connectivity index (χ2n) is 4.85. The Bertz CT molecular complexity index is 601. The molecule has 1 aromatic carbocycles. The molecular weight excluding hydrogens is 312 g/mol. The van der Waals surface area contributed by atoms with Crippen LogP contribution in [-0.4, -0.2) is 48.0 Å². The van der Waals surface area contributed by atoms with Gasteiger partial charge in [-0.1, -0.05) is 36.5 Å². The van der Waals surface area contributed by atoms with Gasteiger partial charge in [-0.3, -0.25) is 4.90 Å². The van der Waals surface area contributed by atoms with Gasteiger partial charge in [-0.05, 0) is 5.56 Å². The van der Waals surface area contributed by atoms with Gasteiger partial charge in [-0.2, -0.15) is 11.8 Å². The van der Waals surface area contributed by atoms with Crippen molar-refractivity contribution in [3.05, 3.63) is 35.4 Å². The molecule has 0 radical (unpaired) electrons. The Kier molecular flexibility index (Phi) is 5.06. The van der Waals surface area contributed by atoms with E-state index in [1.807, 2.05) is 29.2 Å². The summed E-state index contributed by atoms with van der Waals surface area (Å²) in [6.07, 6.45) is 1.30. The fraction of sp³-hybridized carbons (Fsp3) is 0.462. The molecule has 110 valence electrons. The number of nitrogens with zero attached hydrogens (tertiary/aromatic N) is 1. The third-order valence-corrected chi connectivity index (χ3v) is 6.25. The van der Waals surface area contributed by atoms with Crippen LogP contribution >= 0.6 is 24.0 Å². The second-order valence-corrected chi connectivity index (χ2v) is 8.64. The molecule has 1 aliphatic heterocycles. The average molecular weight is 331 g/mol. The summed E-state index contributed by atoms with van der Waals surface area (Å²) >= 11 is 6.74. The van der Waals surface area contributed by atoms with Gasteiger partial charge in [0.1, 0.15) is 10.4 Å². The van der Waals surface area contributed by atoms with Crippen LogP contribution in [0.2, 0.25) is 0 Å². The normalized spacial score (nSPS) is 20.8. The zero-order chi connectivity index (χ0) is 14.8. The molecule has 1 heterocycles. The van der Waals surface area contributed by atoms with E-state index < -0.39 is 15.2 Å². The molecule has 1 unspecified atom stereocenters. The lowest BCUT2D eigenvalue weighted by molar-refractivity contribution is 0.262. The Morgan fingerprint density at radius 3 is 2.85 bits per heavy atom. The highest BCUT2D eigenvalue weighted by molar-refractivity contribution is 8.00. The average Bonchev–Trinajstić information content (AvgIpc) is 2.38. The quantitative estimate of drug-likeness (QED) is 0.838. The first-order valence-corrected chi connectivity index (χ1v) is 9.79. The molecule has 0 spiro atoms. The number of hydrogen-bond acceptors (Lipinski definition) is 5. The minimum absolute atomic E-state index is 0.350. The van der Waals surface area contributed by atoms with Crippen molar-refractivity contribution in [1.82, 2.24) is 4.90 Å². The number of sulfone groups is 1. The molecule has 20 heavy (non-hydrogen) atoms. The summed E-state index contributed by atoms with van der Waals surface area (Å²) in [4.78, 5) is 2.35. The molecule has 0 saturated carbocycles. The van der Waals surface area contributed by atoms with Crippen LogP contribution < -0.4 is 5.73 Å². The highest BCUT2D eigenvalue weighted by Crippen LogP contribution is 2.23. The lowest BCUT2D eigenvalue weighted by atomic mass is 10.1. The molecule has 0 bridgehead atoms. The van der Waals surface area contributed by atoms with E-state index in [0.717, 1.165) is 23.4 Å². The summed E-state index contributed by atoms with van der Waals surface area (Å²) in [6, 6.07) is 7.64. The third-order valence-electron chi connectivity index (χ3n) is 3.34. The van der Waals surface area contributed by atoms with Gasteiger partial charge >= 0.3 is 0 Å². The monoisotopic (exact) mass is 330 g/mol. The number of hydrogen-bond donors (Lipinski definition) is 1. The van der Waals surface area contributed by atoms with Crippen molar-refractivity contribution in [3.8, 4) is 0 Å². The summed E-state index contributed by atoms with van der Waals surface area (Å²) < 4.78 is 23.8. The molecule has 2 N–H and O–H groups in total. The fourth-order valence-corrected chi connectivity index (χ4v) is 5.45. The van der Waals surface area contributed by atoms with Crippen molar-refractivity contribution < 1.29 is 8.42 Å². The number of benzene rings is 1. The Labute approximate surface area is 129 Å². The van der Waals surface area contributed by atoms with Gasteiger partial charge in [0.25, 0.3) is 0 Å². The molecule has 1 aliphatic rings. The van der Waals surface area contributed by atoms with Crippen molar-refractivity contribution in [2.75, 3.05) is 24.3 Å². The number of thioether (sulfide) groups is 1. The van der Waals surface area contributed by atoms with E-state index in [9.17, 15) is 8.42 Å². The Balaban J connectivity index is 2.26. The SMILES string of the molecule is CS(=O)(=O)C1CSCCN1Cc1ccccc1C(N)=S. The van der Waals surface area contributed by atoms with Crippen LogP contribution in [0.4, 0.5) is 0 Å². The van der Waals surface area contributed by atoms with Crippen molar-refractivity contribution in [3.63, 3.8) is 0 Å². The van der Waals surface area contributed by atoms with Gasteiger partial charge in [-0.25, -0.2) is 8.42 Å². The Morgan fingerprint density at radius 1 is 1.50 bits per heavy atom. The van der Waals surface area contributed by atoms with Crippen molar-refractivity contribution in [2.24, 2.45) is 5.73 Å². The second kappa shape index (κ2) is 6.43. The van der Waals surface area contributed by atoms with Crippen molar-refractivity contribution in [2.45, 2.75) is 11.9 Å². The molecule has 4 nitrogen and oxygen atoms in total. The summed E-state index contributed by atoms with van der Waals surface area (Å²) in [5.74, 6) is 1.56. The zero-order valence-corrected chi connectivity index (χ0v) is 13.7. The largest absolute Gasteiger partial charge is 0.389 e. The van der Waals surface area contributed by atoms with Crippen LogP contribution in [0.3, 0.4) is 0 Å². The lowest BCUT2D eigenvalue weighted by Gasteiger charge is -2.34. The molecule has 0 aliphatic carbocycles. The molecule has 2 rings (SSSR count). The maximum Gasteiger partial charge on any atom is 0.164 e. The topological polar surface area (TPSA) is 63.4 Å². The first kappa shape index (κ1) is 15.8. The number of nitrogens with two attached hydrogens (primary N) is 1. The lowest BCUT2D eigenvalue weighted by Crippen LogP contribution is -2.46. The number of thiocarbonyl (C=S) groups is 1. The van der Waals surface area contributed by atoms with Crippen molar-refractivity contribution >= 4 is 38.8 Å². The minimum Gasteiger partial charge on any atom is -0.389 e. The van der Waals surface area contributed by atoms with Gasteiger partial charge in [0.05, 0.1) is 0 Å². The Morgan fingerprint density at radius 2 is 2.20 bits per heavy atom. The van der Waals surface area contributed by atoms with E-state index in [1.54, 1.807) is 11.8 Å². The fourth-order valence-electron chi connectivity index (χ4n) is 2.31.